The SMILES string of the molecule is CCC(C)c1ccccc1OC(C)C(=O)c1ccc(Cl)s1. The van der Waals surface area contributed by atoms with E-state index in [1.807, 2.05) is 18.2 Å². The number of ketones is 1. The number of halogens is 1. The molecule has 2 rings (SSSR count). The molecule has 0 amide bonds. The van der Waals surface area contributed by atoms with Crippen molar-refractivity contribution in [2.45, 2.75) is 39.2 Å². The fourth-order valence-electron chi connectivity index (χ4n) is 2.11. The number of carbonyl (C=O) groups excluding carboxylic acids is 1. The zero-order chi connectivity index (χ0) is 15.4. The van der Waals surface area contributed by atoms with E-state index in [4.69, 9.17) is 16.3 Å². The number of hydrogen-bond donors (Lipinski definition) is 0. The summed E-state index contributed by atoms with van der Waals surface area (Å²) in [4.78, 5) is 13.0. The van der Waals surface area contributed by atoms with Gasteiger partial charge in [0.1, 0.15) is 5.75 Å². The van der Waals surface area contributed by atoms with Gasteiger partial charge in [0, 0.05) is 0 Å². The third kappa shape index (κ3) is 3.86. The number of benzene rings is 1. The predicted molar refractivity (Wildman–Crippen MR) is 88.9 cm³/mol. The molecule has 112 valence electrons. The highest BCUT2D eigenvalue weighted by molar-refractivity contribution is 7.18. The second kappa shape index (κ2) is 7.10. The van der Waals surface area contributed by atoms with E-state index < -0.39 is 6.10 Å². The first-order valence-corrected chi connectivity index (χ1v) is 8.27. The lowest BCUT2D eigenvalue weighted by atomic mass is 9.98. The Morgan fingerprint density at radius 2 is 1.95 bits per heavy atom. The van der Waals surface area contributed by atoms with Crippen LogP contribution in [0.3, 0.4) is 0 Å². The van der Waals surface area contributed by atoms with Crippen LogP contribution in [0.1, 0.15) is 48.3 Å². The van der Waals surface area contributed by atoms with Crippen molar-refractivity contribution < 1.29 is 9.53 Å². The van der Waals surface area contributed by atoms with E-state index in [9.17, 15) is 4.79 Å². The third-order valence-electron chi connectivity index (χ3n) is 3.55. The molecule has 0 aliphatic carbocycles. The van der Waals surface area contributed by atoms with Gasteiger partial charge in [0.25, 0.3) is 0 Å². The highest BCUT2D eigenvalue weighted by Crippen LogP contribution is 2.30. The number of hydrogen-bond acceptors (Lipinski definition) is 3. The molecule has 0 fully saturated rings. The Morgan fingerprint density at radius 3 is 2.57 bits per heavy atom. The van der Waals surface area contributed by atoms with Crippen LogP contribution in [0.5, 0.6) is 5.75 Å². The topological polar surface area (TPSA) is 26.3 Å². The van der Waals surface area contributed by atoms with Crippen molar-refractivity contribution in [3.63, 3.8) is 0 Å². The van der Waals surface area contributed by atoms with Crippen LogP contribution in [0, 0.1) is 0 Å². The largest absolute Gasteiger partial charge is 0.482 e. The van der Waals surface area contributed by atoms with Gasteiger partial charge in [0.05, 0.1) is 9.21 Å². The minimum atomic E-state index is -0.523. The lowest BCUT2D eigenvalue weighted by Gasteiger charge is -2.19. The summed E-state index contributed by atoms with van der Waals surface area (Å²) in [6, 6.07) is 11.4. The van der Waals surface area contributed by atoms with Gasteiger partial charge >= 0.3 is 0 Å². The molecule has 0 saturated carbocycles. The second-order valence-electron chi connectivity index (χ2n) is 5.08. The average molecular weight is 323 g/mol. The Labute approximate surface area is 134 Å². The number of para-hydroxylation sites is 1. The predicted octanol–water partition coefficient (Wildman–Crippen LogP) is 5.57. The normalized spacial score (nSPS) is 13.7. The van der Waals surface area contributed by atoms with Gasteiger partial charge in [-0.05, 0) is 43.0 Å². The zero-order valence-electron chi connectivity index (χ0n) is 12.4. The second-order valence-corrected chi connectivity index (χ2v) is 6.79. The molecular weight excluding hydrogens is 304 g/mol. The molecule has 0 aliphatic rings. The molecule has 0 radical (unpaired) electrons. The van der Waals surface area contributed by atoms with Crippen molar-refractivity contribution in [3.8, 4) is 5.75 Å². The Morgan fingerprint density at radius 1 is 1.24 bits per heavy atom. The van der Waals surface area contributed by atoms with E-state index in [0.717, 1.165) is 17.7 Å². The summed E-state index contributed by atoms with van der Waals surface area (Å²) in [5, 5.41) is 0. The summed E-state index contributed by atoms with van der Waals surface area (Å²) in [7, 11) is 0. The van der Waals surface area contributed by atoms with Crippen molar-refractivity contribution in [1.82, 2.24) is 0 Å². The molecule has 0 aliphatic heterocycles. The first-order chi connectivity index (χ1) is 10.0. The maximum absolute atomic E-state index is 12.3. The van der Waals surface area contributed by atoms with Crippen LogP contribution in [0.4, 0.5) is 0 Å². The molecule has 0 bridgehead atoms. The number of Topliss-reactive ketones (excluding diaryl/α,β-unsaturated/α-hetero) is 1. The summed E-state index contributed by atoms with van der Waals surface area (Å²) in [6.07, 6.45) is 0.508. The zero-order valence-corrected chi connectivity index (χ0v) is 14.0. The number of thiophene rings is 1. The van der Waals surface area contributed by atoms with E-state index in [2.05, 4.69) is 19.9 Å². The van der Waals surface area contributed by atoms with Gasteiger partial charge in [0.15, 0.2) is 6.10 Å². The molecule has 0 N–H and O–H groups in total. The van der Waals surface area contributed by atoms with Gasteiger partial charge in [-0.15, -0.1) is 11.3 Å². The highest BCUT2D eigenvalue weighted by Gasteiger charge is 2.20. The molecule has 21 heavy (non-hydrogen) atoms. The van der Waals surface area contributed by atoms with Crippen molar-refractivity contribution in [2.75, 3.05) is 0 Å². The van der Waals surface area contributed by atoms with Crippen LogP contribution >= 0.6 is 22.9 Å². The van der Waals surface area contributed by atoms with Crippen LogP contribution in [-0.2, 0) is 0 Å². The molecule has 0 saturated heterocycles. The minimum Gasteiger partial charge on any atom is -0.482 e. The fraction of sp³-hybridized carbons (Fsp3) is 0.353. The quantitative estimate of drug-likeness (QED) is 0.650. The third-order valence-corrected chi connectivity index (χ3v) is 4.80. The lowest BCUT2D eigenvalue weighted by molar-refractivity contribution is 0.0820. The Bertz CT molecular complexity index is 621. The van der Waals surface area contributed by atoms with E-state index in [1.165, 1.54) is 11.3 Å². The Balaban J connectivity index is 2.16. The molecule has 2 atom stereocenters. The van der Waals surface area contributed by atoms with Crippen LogP contribution in [0.25, 0.3) is 0 Å². The summed E-state index contributed by atoms with van der Waals surface area (Å²) >= 11 is 7.17. The average Bonchev–Trinajstić information content (AvgIpc) is 2.92. The lowest BCUT2D eigenvalue weighted by Crippen LogP contribution is -2.23. The van der Waals surface area contributed by atoms with Gasteiger partial charge < -0.3 is 4.74 Å². The number of ether oxygens (including phenoxy) is 1. The van der Waals surface area contributed by atoms with E-state index in [-0.39, 0.29) is 5.78 Å². The number of carbonyl (C=O) groups is 1. The van der Waals surface area contributed by atoms with Crippen LogP contribution < -0.4 is 4.74 Å². The Hall–Kier alpha value is -1.32. The van der Waals surface area contributed by atoms with Gasteiger partial charge in [-0.2, -0.15) is 0 Å². The highest BCUT2D eigenvalue weighted by atomic mass is 35.5. The molecule has 1 heterocycles. The first kappa shape index (κ1) is 16.1. The molecule has 2 nitrogen and oxygen atoms in total. The van der Waals surface area contributed by atoms with Crippen molar-refractivity contribution in [3.05, 3.63) is 51.2 Å². The molecule has 1 aromatic carbocycles. The van der Waals surface area contributed by atoms with Gasteiger partial charge in [-0.3, -0.25) is 4.79 Å². The summed E-state index contributed by atoms with van der Waals surface area (Å²) < 4.78 is 6.52. The smallest absolute Gasteiger partial charge is 0.212 e. The van der Waals surface area contributed by atoms with Crippen LogP contribution in [-0.4, -0.2) is 11.9 Å². The Kier molecular flexibility index (Phi) is 5.43. The van der Waals surface area contributed by atoms with E-state index in [0.29, 0.717) is 15.1 Å². The van der Waals surface area contributed by atoms with E-state index >= 15 is 0 Å². The maximum atomic E-state index is 12.3. The monoisotopic (exact) mass is 322 g/mol. The molecule has 0 spiro atoms. The van der Waals surface area contributed by atoms with Crippen LogP contribution in [0.15, 0.2) is 36.4 Å². The van der Waals surface area contributed by atoms with Crippen molar-refractivity contribution in [2.24, 2.45) is 0 Å². The fourth-order valence-corrected chi connectivity index (χ4v) is 3.17. The van der Waals surface area contributed by atoms with Crippen molar-refractivity contribution >= 4 is 28.7 Å². The van der Waals surface area contributed by atoms with E-state index in [1.54, 1.807) is 19.1 Å². The summed E-state index contributed by atoms with van der Waals surface area (Å²) in [5.74, 6) is 1.15. The van der Waals surface area contributed by atoms with Crippen LogP contribution in [0.2, 0.25) is 4.34 Å². The summed E-state index contributed by atoms with van der Waals surface area (Å²) in [6.45, 7) is 6.08. The molecule has 1 aromatic heterocycles. The molecule has 2 aromatic rings. The van der Waals surface area contributed by atoms with Crippen molar-refractivity contribution in [1.29, 1.82) is 0 Å². The number of rotatable bonds is 6. The standard InChI is InChI=1S/C17H19ClO2S/c1-4-11(2)13-7-5-6-8-14(13)20-12(3)17(19)15-9-10-16(18)21-15/h5-12H,4H2,1-3H3. The van der Waals surface area contributed by atoms with Gasteiger partial charge in [-0.25, -0.2) is 0 Å². The minimum absolute atomic E-state index is 0.0362. The first-order valence-electron chi connectivity index (χ1n) is 7.08. The van der Waals surface area contributed by atoms with Gasteiger partial charge in [-0.1, -0.05) is 43.6 Å². The maximum Gasteiger partial charge on any atom is 0.212 e. The summed E-state index contributed by atoms with van der Waals surface area (Å²) in [5.41, 5.74) is 1.14. The molecule has 4 heteroatoms. The van der Waals surface area contributed by atoms with Gasteiger partial charge in [0.2, 0.25) is 5.78 Å². The molecular formula is C17H19ClO2S. The molecule has 2 unspecified atom stereocenters.